The smallest absolute Gasteiger partial charge is 0.274 e. The van der Waals surface area contributed by atoms with Crippen molar-refractivity contribution in [2.45, 2.75) is 13.1 Å². The Bertz CT molecular complexity index is 940. The number of carbonyl (C=O) groups is 1. The average Bonchev–Trinajstić information content (AvgIpc) is 3.01. The van der Waals surface area contributed by atoms with Gasteiger partial charge in [-0.1, -0.05) is 24.3 Å². The SMILES string of the molecule is CN(C)Cc1ccc(CN(C)C(=O)c2cc3c(=O)[nH]ccn3n2)cc1. The maximum absolute atomic E-state index is 12.6. The molecule has 0 atom stereocenters. The predicted octanol–water partition coefficient (Wildman–Crippen LogP) is 1.36. The Hall–Kier alpha value is -2.93. The summed E-state index contributed by atoms with van der Waals surface area (Å²) in [7, 11) is 5.78. The highest BCUT2D eigenvalue weighted by Crippen LogP contribution is 2.11. The number of aromatic amines is 1. The Labute approximate surface area is 145 Å². The molecule has 0 radical (unpaired) electrons. The molecule has 0 aliphatic rings. The zero-order chi connectivity index (χ0) is 18.0. The molecular weight excluding hydrogens is 318 g/mol. The lowest BCUT2D eigenvalue weighted by Crippen LogP contribution is -2.26. The lowest BCUT2D eigenvalue weighted by molar-refractivity contribution is 0.0779. The van der Waals surface area contributed by atoms with Gasteiger partial charge in [0.15, 0.2) is 5.69 Å². The highest BCUT2D eigenvalue weighted by atomic mass is 16.2. The summed E-state index contributed by atoms with van der Waals surface area (Å²) in [4.78, 5) is 30.6. The van der Waals surface area contributed by atoms with Crippen molar-refractivity contribution in [1.82, 2.24) is 24.4 Å². The minimum Gasteiger partial charge on any atom is -0.336 e. The van der Waals surface area contributed by atoms with Crippen LogP contribution >= 0.6 is 0 Å². The standard InChI is InChI=1S/C18H21N5O2/c1-21(2)11-13-4-6-14(7-5-13)12-22(3)18(25)15-10-16-17(24)19-8-9-23(16)20-15/h4-10H,11-12H2,1-3H3,(H,19,24). The molecule has 0 aliphatic carbocycles. The normalized spacial score (nSPS) is 11.2. The van der Waals surface area contributed by atoms with Crippen LogP contribution in [0.4, 0.5) is 0 Å². The summed E-state index contributed by atoms with van der Waals surface area (Å²) in [6.45, 7) is 1.36. The minimum absolute atomic E-state index is 0.222. The van der Waals surface area contributed by atoms with Crippen LogP contribution in [0.3, 0.4) is 0 Å². The zero-order valence-electron chi connectivity index (χ0n) is 14.6. The lowest BCUT2D eigenvalue weighted by atomic mass is 10.1. The van der Waals surface area contributed by atoms with E-state index in [-0.39, 0.29) is 17.2 Å². The molecule has 0 fully saturated rings. The van der Waals surface area contributed by atoms with Gasteiger partial charge in [0.05, 0.1) is 0 Å². The Morgan fingerprint density at radius 3 is 2.36 bits per heavy atom. The van der Waals surface area contributed by atoms with E-state index < -0.39 is 0 Å². The summed E-state index contributed by atoms with van der Waals surface area (Å²) < 4.78 is 1.41. The molecule has 25 heavy (non-hydrogen) atoms. The van der Waals surface area contributed by atoms with Gasteiger partial charge in [-0.15, -0.1) is 0 Å². The Morgan fingerprint density at radius 2 is 1.76 bits per heavy atom. The van der Waals surface area contributed by atoms with Crippen molar-refractivity contribution in [3.63, 3.8) is 0 Å². The molecular formula is C18H21N5O2. The fraction of sp³-hybridized carbons (Fsp3) is 0.278. The van der Waals surface area contributed by atoms with Crippen molar-refractivity contribution < 1.29 is 4.79 Å². The van der Waals surface area contributed by atoms with Gasteiger partial charge in [-0.25, -0.2) is 4.52 Å². The van der Waals surface area contributed by atoms with Crippen molar-refractivity contribution >= 4 is 11.4 Å². The topological polar surface area (TPSA) is 73.7 Å². The molecule has 7 nitrogen and oxygen atoms in total. The summed E-state index contributed by atoms with van der Waals surface area (Å²) in [6.07, 6.45) is 3.10. The Balaban J connectivity index is 1.73. The number of fused-ring (bicyclic) bond motifs is 1. The fourth-order valence-electron chi connectivity index (χ4n) is 2.70. The number of amides is 1. The zero-order valence-corrected chi connectivity index (χ0v) is 14.6. The third-order valence-corrected chi connectivity index (χ3v) is 3.91. The van der Waals surface area contributed by atoms with E-state index in [4.69, 9.17) is 0 Å². The minimum atomic E-state index is -0.270. The van der Waals surface area contributed by atoms with E-state index in [1.807, 2.05) is 26.2 Å². The second kappa shape index (κ2) is 6.90. The molecule has 0 spiro atoms. The summed E-state index contributed by atoms with van der Waals surface area (Å²) in [5.41, 5.74) is 2.60. The van der Waals surface area contributed by atoms with E-state index in [2.05, 4.69) is 27.1 Å². The maximum atomic E-state index is 12.6. The molecule has 0 saturated heterocycles. The first-order valence-corrected chi connectivity index (χ1v) is 7.99. The van der Waals surface area contributed by atoms with Crippen LogP contribution in [0, 0.1) is 0 Å². The first kappa shape index (κ1) is 16.9. The third-order valence-electron chi connectivity index (χ3n) is 3.91. The lowest BCUT2D eigenvalue weighted by Gasteiger charge is -2.16. The van der Waals surface area contributed by atoms with Gasteiger partial charge in [-0.05, 0) is 25.2 Å². The molecule has 1 amide bonds. The number of nitrogens with one attached hydrogen (secondary N) is 1. The van der Waals surface area contributed by atoms with Crippen LogP contribution in [-0.2, 0) is 13.1 Å². The van der Waals surface area contributed by atoms with E-state index in [9.17, 15) is 9.59 Å². The molecule has 0 aliphatic heterocycles. The van der Waals surface area contributed by atoms with Crippen molar-refractivity contribution in [3.05, 3.63) is 69.9 Å². The van der Waals surface area contributed by atoms with E-state index in [0.29, 0.717) is 12.1 Å². The van der Waals surface area contributed by atoms with Gasteiger partial charge < -0.3 is 14.8 Å². The van der Waals surface area contributed by atoms with Crippen LogP contribution in [0.5, 0.6) is 0 Å². The van der Waals surface area contributed by atoms with Gasteiger partial charge in [0.25, 0.3) is 11.5 Å². The second-order valence-electron chi connectivity index (χ2n) is 6.36. The summed E-state index contributed by atoms with van der Waals surface area (Å²) in [5, 5.41) is 4.18. The van der Waals surface area contributed by atoms with Crippen molar-refractivity contribution in [3.8, 4) is 0 Å². The molecule has 7 heteroatoms. The summed E-state index contributed by atoms with van der Waals surface area (Å²) in [6, 6.07) is 9.70. The van der Waals surface area contributed by atoms with Gasteiger partial charge in [0, 0.05) is 38.6 Å². The molecule has 2 aromatic heterocycles. The molecule has 1 N–H and O–H groups in total. The van der Waals surface area contributed by atoms with Crippen LogP contribution in [-0.4, -0.2) is 51.4 Å². The monoisotopic (exact) mass is 339 g/mol. The summed E-state index contributed by atoms with van der Waals surface area (Å²) in [5.74, 6) is -0.222. The quantitative estimate of drug-likeness (QED) is 0.762. The Morgan fingerprint density at radius 1 is 1.12 bits per heavy atom. The van der Waals surface area contributed by atoms with Gasteiger partial charge in [0.1, 0.15) is 5.52 Å². The highest BCUT2D eigenvalue weighted by Gasteiger charge is 2.17. The molecule has 0 saturated carbocycles. The van der Waals surface area contributed by atoms with Crippen molar-refractivity contribution in [1.29, 1.82) is 0 Å². The van der Waals surface area contributed by atoms with Crippen molar-refractivity contribution in [2.24, 2.45) is 0 Å². The number of nitrogens with zero attached hydrogens (tertiary/aromatic N) is 4. The first-order valence-electron chi connectivity index (χ1n) is 7.99. The number of aromatic nitrogens is 3. The molecule has 1 aromatic carbocycles. The van der Waals surface area contributed by atoms with Gasteiger partial charge >= 0.3 is 0 Å². The third kappa shape index (κ3) is 3.77. The molecule has 0 bridgehead atoms. The van der Waals surface area contributed by atoms with E-state index in [1.54, 1.807) is 18.1 Å². The van der Waals surface area contributed by atoms with Crippen LogP contribution < -0.4 is 5.56 Å². The highest BCUT2D eigenvalue weighted by molar-refractivity contribution is 5.93. The molecule has 2 heterocycles. The number of benzene rings is 1. The number of carbonyl (C=O) groups excluding carboxylic acids is 1. The predicted molar refractivity (Wildman–Crippen MR) is 95.4 cm³/mol. The van der Waals surface area contributed by atoms with E-state index in [1.165, 1.54) is 22.3 Å². The van der Waals surface area contributed by atoms with Crippen LogP contribution in [0.25, 0.3) is 5.52 Å². The van der Waals surface area contributed by atoms with Crippen LogP contribution in [0.15, 0.2) is 47.5 Å². The Kier molecular flexibility index (Phi) is 4.67. The number of hydrogen-bond acceptors (Lipinski definition) is 4. The maximum Gasteiger partial charge on any atom is 0.274 e. The summed E-state index contributed by atoms with van der Waals surface area (Å²) >= 11 is 0. The van der Waals surface area contributed by atoms with Crippen LogP contribution in [0.2, 0.25) is 0 Å². The second-order valence-corrected chi connectivity index (χ2v) is 6.36. The van der Waals surface area contributed by atoms with E-state index >= 15 is 0 Å². The van der Waals surface area contributed by atoms with Crippen LogP contribution in [0.1, 0.15) is 21.6 Å². The van der Waals surface area contributed by atoms with E-state index in [0.717, 1.165) is 12.1 Å². The first-order chi connectivity index (χ1) is 11.9. The fourth-order valence-corrected chi connectivity index (χ4v) is 2.70. The molecule has 3 rings (SSSR count). The molecule has 130 valence electrons. The average molecular weight is 339 g/mol. The number of hydrogen-bond donors (Lipinski definition) is 1. The molecule has 0 unspecified atom stereocenters. The van der Waals surface area contributed by atoms with Gasteiger partial charge in [-0.3, -0.25) is 9.59 Å². The number of rotatable bonds is 5. The molecule has 3 aromatic rings. The largest absolute Gasteiger partial charge is 0.336 e. The van der Waals surface area contributed by atoms with Crippen molar-refractivity contribution in [2.75, 3.05) is 21.1 Å². The van der Waals surface area contributed by atoms with Gasteiger partial charge in [-0.2, -0.15) is 5.10 Å². The number of H-pyrrole nitrogens is 1. The van der Waals surface area contributed by atoms with Gasteiger partial charge in [0.2, 0.25) is 0 Å².